The van der Waals surface area contributed by atoms with E-state index in [1.807, 2.05) is 30.0 Å². The highest BCUT2D eigenvalue weighted by Gasteiger charge is 2.25. The molecule has 0 aliphatic carbocycles. The Morgan fingerprint density at radius 2 is 2.33 bits per heavy atom. The van der Waals surface area contributed by atoms with Gasteiger partial charge in [0.05, 0.1) is 5.69 Å². The average molecular weight is 291 g/mol. The maximum Gasteiger partial charge on any atom is 0.325 e. The molecule has 0 aromatic carbocycles. The van der Waals surface area contributed by atoms with Crippen molar-refractivity contribution in [3.05, 3.63) is 30.1 Å². The summed E-state index contributed by atoms with van der Waals surface area (Å²) in [6.07, 6.45) is 7.82. The zero-order valence-electron chi connectivity index (χ0n) is 12.2. The van der Waals surface area contributed by atoms with Gasteiger partial charge in [-0.2, -0.15) is 5.10 Å². The topological polar surface area (TPSA) is 75.4 Å². The quantitative estimate of drug-likeness (QED) is 0.837. The molecule has 1 fully saturated rings. The molecule has 0 bridgehead atoms. The van der Waals surface area contributed by atoms with Gasteiger partial charge in [0.1, 0.15) is 6.54 Å². The van der Waals surface area contributed by atoms with E-state index in [1.54, 1.807) is 6.20 Å². The Labute approximate surface area is 124 Å². The fourth-order valence-corrected chi connectivity index (χ4v) is 2.61. The average Bonchev–Trinajstić information content (AvgIpc) is 2.92. The van der Waals surface area contributed by atoms with Crippen molar-refractivity contribution in [3.63, 3.8) is 0 Å². The minimum absolute atomic E-state index is 0.128. The predicted molar refractivity (Wildman–Crippen MR) is 77.8 cm³/mol. The number of carbonyl (C=O) groups is 2. The third-order valence-electron chi connectivity index (χ3n) is 3.68. The van der Waals surface area contributed by atoms with E-state index < -0.39 is 5.97 Å². The zero-order valence-corrected chi connectivity index (χ0v) is 12.2. The minimum Gasteiger partial charge on any atom is -0.480 e. The van der Waals surface area contributed by atoms with E-state index in [2.05, 4.69) is 5.10 Å². The van der Waals surface area contributed by atoms with Crippen LogP contribution < -0.4 is 0 Å². The zero-order chi connectivity index (χ0) is 15.2. The number of hydrogen-bond acceptors (Lipinski definition) is 3. The van der Waals surface area contributed by atoms with Crippen LogP contribution in [0.15, 0.2) is 24.4 Å². The lowest BCUT2D eigenvalue weighted by Crippen LogP contribution is -2.38. The first-order valence-electron chi connectivity index (χ1n) is 7.24. The third kappa shape index (κ3) is 4.18. The minimum atomic E-state index is -0.906. The smallest absolute Gasteiger partial charge is 0.325 e. The molecule has 21 heavy (non-hydrogen) atoms. The van der Waals surface area contributed by atoms with Crippen molar-refractivity contribution in [2.45, 2.75) is 38.6 Å². The molecule has 0 unspecified atom stereocenters. The number of hydrogen-bond donors (Lipinski definition) is 1. The van der Waals surface area contributed by atoms with Crippen LogP contribution >= 0.6 is 0 Å². The van der Waals surface area contributed by atoms with Crippen LogP contribution in [0, 0.1) is 0 Å². The molecule has 6 heteroatoms. The molecule has 1 saturated heterocycles. The van der Waals surface area contributed by atoms with Crippen LogP contribution in [0.5, 0.6) is 0 Å². The molecule has 1 amide bonds. The normalized spacial score (nSPS) is 19.1. The van der Waals surface area contributed by atoms with Gasteiger partial charge in [-0.15, -0.1) is 0 Å². The van der Waals surface area contributed by atoms with Crippen molar-refractivity contribution >= 4 is 11.9 Å². The van der Waals surface area contributed by atoms with Crippen LogP contribution in [0.2, 0.25) is 0 Å². The highest BCUT2D eigenvalue weighted by molar-refractivity contribution is 5.77. The lowest BCUT2D eigenvalue weighted by molar-refractivity contribution is -0.138. The summed E-state index contributed by atoms with van der Waals surface area (Å²) in [6.45, 7) is 3.24. The first kappa shape index (κ1) is 15.3. The number of carboxylic acids is 1. The van der Waals surface area contributed by atoms with Crippen molar-refractivity contribution in [1.29, 1.82) is 0 Å². The number of allylic oxidation sites excluding steroid dienone is 1. The summed E-state index contributed by atoms with van der Waals surface area (Å²) in [6, 6.07) is 1.85. The first-order valence-corrected chi connectivity index (χ1v) is 7.24. The third-order valence-corrected chi connectivity index (χ3v) is 3.68. The van der Waals surface area contributed by atoms with Gasteiger partial charge in [0.15, 0.2) is 0 Å². The van der Waals surface area contributed by atoms with E-state index in [1.165, 1.54) is 4.68 Å². The second kappa shape index (κ2) is 7.06. The van der Waals surface area contributed by atoms with Gasteiger partial charge in [-0.05, 0) is 25.8 Å². The van der Waals surface area contributed by atoms with Gasteiger partial charge in [-0.25, -0.2) is 0 Å². The number of carbonyl (C=O) groups excluding carboxylic acids is 1. The Morgan fingerprint density at radius 3 is 3.05 bits per heavy atom. The summed E-state index contributed by atoms with van der Waals surface area (Å²) in [4.78, 5) is 24.6. The molecule has 0 radical (unpaired) electrons. The molecule has 0 saturated carbocycles. The van der Waals surface area contributed by atoms with E-state index in [9.17, 15) is 9.59 Å². The lowest BCUT2D eigenvalue weighted by Gasteiger charge is -2.31. The van der Waals surface area contributed by atoms with Crippen LogP contribution in [0.1, 0.15) is 37.8 Å². The monoisotopic (exact) mass is 291 g/mol. The van der Waals surface area contributed by atoms with Crippen LogP contribution in [-0.4, -0.2) is 44.8 Å². The maximum atomic E-state index is 12.1. The second-order valence-corrected chi connectivity index (χ2v) is 5.28. The number of aliphatic carboxylic acids is 1. The van der Waals surface area contributed by atoms with E-state index in [0.717, 1.165) is 25.1 Å². The molecular weight excluding hydrogens is 270 g/mol. The maximum absolute atomic E-state index is 12.1. The molecule has 1 aliphatic rings. The summed E-state index contributed by atoms with van der Waals surface area (Å²) >= 11 is 0. The van der Waals surface area contributed by atoms with Crippen LogP contribution in [0.3, 0.4) is 0 Å². The summed E-state index contributed by atoms with van der Waals surface area (Å²) in [5.74, 6) is -0.567. The van der Waals surface area contributed by atoms with Gasteiger partial charge in [0.25, 0.3) is 0 Å². The Balaban J connectivity index is 1.98. The Kier molecular flexibility index (Phi) is 5.14. The molecule has 2 rings (SSSR count). The van der Waals surface area contributed by atoms with Crippen molar-refractivity contribution in [2.24, 2.45) is 0 Å². The van der Waals surface area contributed by atoms with Gasteiger partial charge < -0.3 is 10.0 Å². The van der Waals surface area contributed by atoms with Gasteiger partial charge in [-0.1, -0.05) is 12.2 Å². The fourth-order valence-electron chi connectivity index (χ4n) is 2.61. The van der Waals surface area contributed by atoms with Gasteiger partial charge in [0, 0.05) is 31.6 Å². The molecule has 1 aromatic rings. The van der Waals surface area contributed by atoms with Crippen LogP contribution in [-0.2, 0) is 16.1 Å². The van der Waals surface area contributed by atoms with Gasteiger partial charge >= 0.3 is 5.97 Å². The summed E-state index contributed by atoms with van der Waals surface area (Å²) < 4.78 is 1.43. The van der Waals surface area contributed by atoms with Crippen molar-refractivity contribution < 1.29 is 14.7 Å². The number of piperidine rings is 1. The largest absolute Gasteiger partial charge is 0.480 e. The molecule has 1 atom stereocenters. The predicted octanol–water partition coefficient (Wildman–Crippen LogP) is 1.64. The second-order valence-electron chi connectivity index (χ2n) is 5.28. The Bertz CT molecular complexity index is 536. The summed E-state index contributed by atoms with van der Waals surface area (Å²) in [5.41, 5.74) is 0.875. The molecule has 0 spiro atoms. The molecular formula is C15H21N3O3. The first-order chi connectivity index (χ1) is 10.1. The van der Waals surface area contributed by atoms with E-state index >= 15 is 0 Å². The van der Waals surface area contributed by atoms with Crippen molar-refractivity contribution in [1.82, 2.24) is 14.7 Å². The number of nitrogens with zero attached hydrogens (tertiary/aromatic N) is 3. The van der Waals surface area contributed by atoms with E-state index in [4.69, 9.17) is 5.11 Å². The highest BCUT2D eigenvalue weighted by atomic mass is 16.4. The van der Waals surface area contributed by atoms with Gasteiger partial charge in [-0.3, -0.25) is 14.3 Å². The standard InChI is InChI=1S/C15H21N3O3/c1-2-3-6-14(19)17-8-4-5-12(10-17)13-7-9-18(16-13)11-15(20)21/h2-3,7,9,12H,4-6,8,10-11H2,1H3,(H,20,21)/b3-2+/t12-/m0/s1. The molecule has 6 nitrogen and oxygen atoms in total. The van der Waals surface area contributed by atoms with Gasteiger partial charge in [0.2, 0.25) is 5.91 Å². The number of amides is 1. The molecule has 1 N–H and O–H groups in total. The van der Waals surface area contributed by atoms with Crippen molar-refractivity contribution in [3.8, 4) is 0 Å². The lowest BCUT2D eigenvalue weighted by atomic mass is 9.95. The molecule has 114 valence electrons. The number of carboxylic acid groups (broad SMARTS) is 1. The molecule has 2 heterocycles. The molecule has 1 aliphatic heterocycles. The SMILES string of the molecule is C/C=C/CC(=O)N1CCC[C@H](c2ccn(CC(=O)O)n2)C1. The van der Waals surface area contributed by atoms with E-state index in [-0.39, 0.29) is 18.4 Å². The van der Waals surface area contributed by atoms with Crippen molar-refractivity contribution in [2.75, 3.05) is 13.1 Å². The van der Waals surface area contributed by atoms with E-state index in [0.29, 0.717) is 13.0 Å². The number of likely N-dealkylation sites (tertiary alicyclic amines) is 1. The van der Waals surface area contributed by atoms with Crippen LogP contribution in [0.25, 0.3) is 0 Å². The fraction of sp³-hybridized carbons (Fsp3) is 0.533. The van der Waals surface area contributed by atoms with Crippen LogP contribution in [0.4, 0.5) is 0 Å². The number of rotatable bonds is 5. The highest BCUT2D eigenvalue weighted by Crippen LogP contribution is 2.26. The number of aromatic nitrogens is 2. The Hall–Kier alpha value is -2.11. The summed E-state index contributed by atoms with van der Waals surface area (Å²) in [5, 5.41) is 13.1. The molecule has 1 aromatic heterocycles. The summed E-state index contributed by atoms with van der Waals surface area (Å²) in [7, 11) is 0. The Morgan fingerprint density at radius 1 is 1.52 bits per heavy atom.